The predicted octanol–water partition coefficient (Wildman–Crippen LogP) is 3.82. The molecule has 1 amide bonds. The van der Waals surface area contributed by atoms with Gasteiger partial charge in [0.1, 0.15) is 0 Å². The van der Waals surface area contributed by atoms with Crippen LogP contribution >= 0.6 is 11.6 Å². The van der Waals surface area contributed by atoms with Crippen LogP contribution in [-0.2, 0) is 5.41 Å². The van der Waals surface area contributed by atoms with E-state index in [1.807, 2.05) is 32.0 Å². The topological polar surface area (TPSA) is 44.1 Å². The van der Waals surface area contributed by atoms with Gasteiger partial charge in [0.05, 0.1) is 11.5 Å². The van der Waals surface area contributed by atoms with Crippen LogP contribution in [0.25, 0.3) is 0 Å². The lowest BCUT2D eigenvalue weighted by Crippen LogP contribution is -2.31. The van der Waals surface area contributed by atoms with Gasteiger partial charge in [0, 0.05) is 25.5 Å². The molecule has 114 valence electrons. The Bertz CT molecular complexity index is 534. The van der Waals surface area contributed by atoms with E-state index < -0.39 is 5.41 Å². The van der Waals surface area contributed by atoms with Gasteiger partial charge in [0.25, 0.3) is 5.91 Å². The highest BCUT2D eigenvalue weighted by molar-refractivity contribution is 6.17. The molecule has 0 fully saturated rings. The van der Waals surface area contributed by atoms with E-state index in [-0.39, 0.29) is 11.8 Å². The second-order valence-electron chi connectivity index (χ2n) is 5.81. The van der Waals surface area contributed by atoms with Crippen molar-refractivity contribution in [2.45, 2.75) is 32.1 Å². The molecule has 0 bridgehead atoms. The first-order valence-corrected chi connectivity index (χ1v) is 7.72. The number of halogens is 1. The molecule has 0 heterocycles. The molecule has 0 aromatic heterocycles. The smallest absolute Gasteiger partial charge is 0.253 e. The van der Waals surface area contributed by atoms with Gasteiger partial charge < -0.3 is 4.90 Å². The minimum Gasteiger partial charge on any atom is -0.345 e. The van der Waals surface area contributed by atoms with Crippen molar-refractivity contribution in [1.82, 2.24) is 4.90 Å². The highest BCUT2D eigenvalue weighted by Crippen LogP contribution is 2.37. The molecule has 1 rings (SSSR count). The molecule has 1 aromatic rings. The molecule has 0 aliphatic rings. The molecule has 3 nitrogen and oxygen atoms in total. The van der Waals surface area contributed by atoms with Crippen LogP contribution in [-0.4, -0.2) is 30.8 Å². The van der Waals surface area contributed by atoms with Gasteiger partial charge >= 0.3 is 0 Å². The van der Waals surface area contributed by atoms with Crippen molar-refractivity contribution >= 4 is 17.5 Å². The molecule has 1 aromatic carbocycles. The van der Waals surface area contributed by atoms with E-state index in [9.17, 15) is 10.1 Å². The van der Waals surface area contributed by atoms with Crippen LogP contribution in [0.1, 0.15) is 42.6 Å². The SMILES string of the molecule is CC(C)C(C#N)(CCCCl)c1cccc(C(=O)N(C)C)c1. The average molecular weight is 307 g/mol. The Morgan fingerprint density at radius 1 is 1.43 bits per heavy atom. The normalized spacial score (nSPS) is 13.6. The molecule has 21 heavy (non-hydrogen) atoms. The van der Waals surface area contributed by atoms with Crippen LogP contribution < -0.4 is 0 Å². The minimum atomic E-state index is -0.600. The maximum absolute atomic E-state index is 12.1. The number of alkyl halides is 1. The monoisotopic (exact) mass is 306 g/mol. The summed E-state index contributed by atoms with van der Waals surface area (Å²) >= 11 is 5.81. The fraction of sp³-hybridized carbons (Fsp3) is 0.529. The molecule has 0 saturated heterocycles. The third kappa shape index (κ3) is 3.77. The van der Waals surface area contributed by atoms with Crippen LogP contribution in [0.15, 0.2) is 24.3 Å². The van der Waals surface area contributed by atoms with E-state index in [4.69, 9.17) is 11.6 Å². The Balaban J connectivity index is 3.29. The summed E-state index contributed by atoms with van der Waals surface area (Å²) in [5.41, 5.74) is 0.916. The van der Waals surface area contributed by atoms with Crippen LogP contribution in [0.2, 0.25) is 0 Å². The largest absolute Gasteiger partial charge is 0.345 e. The van der Waals surface area contributed by atoms with Gasteiger partial charge in [-0.05, 0) is 36.5 Å². The number of carbonyl (C=O) groups is 1. The molecule has 0 N–H and O–H groups in total. The first kappa shape index (κ1) is 17.5. The number of benzene rings is 1. The molecule has 0 aliphatic carbocycles. The molecule has 1 unspecified atom stereocenters. The second kappa shape index (κ2) is 7.47. The molecule has 0 saturated carbocycles. The summed E-state index contributed by atoms with van der Waals surface area (Å²) in [4.78, 5) is 13.7. The van der Waals surface area contributed by atoms with Crippen LogP contribution in [0.5, 0.6) is 0 Å². The summed E-state index contributed by atoms with van der Waals surface area (Å²) in [5, 5.41) is 9.78. The lowest BCUT2D eigenvalue weighted by atomic mass is 9.69. The fourth-order valence-corrected chi connectivity index (χ4v) is 2.68. The Labute approximate surface area is 132 Å². The molecule has 0 aliphatic heterocycles. The van der Waals surface area contributed by atoms with E-state index in [1.165, 1.54) is 0 Å². The molecule has 1 atom stereocenters. The first-order valence-electron chi connectivity index (χ1n) is 7.18. The fourth-order valence-electron chi connectivity index (χ4n) is 2.55. The minimum absolute atomic E-state index is 0.0511. The highest BCUT2D eigenvalue weighted by atomic mass is 35.5. The number of amides is 1. The highest BCUT2D eigenvalue weighted by Gasteiger charge is 2.35. The predicted molar refractivity (Wildman–Crippen MR) is 86.5 cm³/mol. The third-order valence-electron chi connectivity index (χ3n) is 3.92. The van der Waals surface area contributed by atoms with Crippen molar-refractivity contribution in [2.75, 3.05) is 20.0 Å². The number of hydrogen-bond donors (Lipinski definition) is 0. The first-order chi connectivity index (χ1) is 9.89. The summed E-state index contributed by atoms with van der Waals surface area (Å²) in [6.45, 7) is 4.08. The molecule has 0 radical (unpaired) electrons. The number of rotatable bonds is 6. The number of nitriles is 1. The van der Waals surface area contributed by atoms with Crippen molar-refractivity contribution in [3.8, 4) is 6.07 Å². The number of carbonyl (C=O) groups excluding carboxylic acids is 1. The van der Waals surface area contributed by atoms with Gasteiger partial charge in [0.15, 0.2) is 0 Å². The second-order valence-corrected chi connectivity index (χ2v) is 6.19. The Hall–Kier alpha value is -1.53. The lowest BCUT2D eigenvalue weighted by molar-refractivity contribution is 0.0827. The van der Waals surface area contributed by atoms with Crippen LogP contribution in [0.4, 0.5) is 0 Å². The summed E-state index contributed by atoms with van der Waals surface area (Å²) < 4.78 is 0. The zero-order valence-electron chi connectivity index (χ0n) is 13.2. The van der Waals surface area contributed by atoms with E-state index in [1.54, 1.807) is 25.1 Å². The van der Waals surface area contributed by atoms with Crippen LogP contribution in [0, 0.1) is 17.2 Å². The Morgan fingerprint density at radius 3 is 2.57 bits per heavy atom. The zero-order chi connectivity index (χ0) is 16.0. The van der Waals surface area contributed by atoms with E-state index in [0.717, 1.165) is 12.0 Å². The average Bonchev–Trinajstić information content (AvgIpc) is 2.47. The molecular formula is C17H23ClN2O. The van der Waals surface area contributed by atoms with Crippen molar-refractivity contribution in [2.24, 2.45) is 5.92 Å². The van der Waals surface area contributed by atoms with Crippen molar-refractivity contribution in [3.63, 3.8) is 0 Å². The molecular weight excluding hydrogens is 284 g/mol. The third-order valence-corrected chi connectivity index (χ3v) is 4.19. The van der Waals surface area contributed by atoms with Crippen molar-refractivity contribution < 1.29 is 4.79 Å². The van der Waals surface area contributed by atoms with E-state index in [2.05, 4.69) is 6.07 Å². The number of nitrogens with zero attached hydrogens (tertiary/aromatic N) is 2. The van der Waals surface area contributed by atoms with Crippen molar-refractivity contribution in [3.05, 3.63) is 35.4 Å². The summed E-state index contributed by atoms with van der Waals surface area (Å²) in [7, 11) is 3.45. The summed E-state index contributed by atoms with van der Waals surface area (Å²) in [6, 6.07) is 9.90. The molecule has 0 spiro atoms. The van der Waals surface area contributed by atoms with Gasteiger partial charge in [-0.2, -0.15) is 5.26 Å². The van der Waals surface area contributed by atoms with Gasteiger partial charge in [-0.3, -0.25) is 4.79 Å². The Morgan fingerprint density at radius 2 is 2.10 bits per heavy atom. The van der Waals surface area contributed by atoms with E-state index >= 15 is 0 Å². The van der Waals surface area contributed by atoms with Gasteiger partial charge in [-0.15, -0.1) is 11.6 Å². The van der Waals surface area contributed by atoms with Gasteiger partial charge in [-0.1, -0.05) is 26.0 Å². The number of hydrogen-bond acceptors (Lipinski definition) is 2. The quantitative estimate of drug-likeness (QED) is 0.750. The standard InChI is InChI=1S/C17H23ClN2O/c1-13(2)17(12-19,9-6-10-18)15-8-5-7-14(11-15)16(21)20(3)4/h5,7-8,11,13H,6,9-10H2,1-4H3. The summed E-state index contributed by atoms with van der Waals surface area (Å²) in [6.07, 6.45) is 1.48. The maximum atomic E-state index is 12.1. The maximum Gasteiger partial charge on any atom is 0.253 e. The van der Waals surface area contributed by atoms with Crippen LogP contribution in [0.3, 0.4) is 0 Å². The van der Waals surface area contributed by atoms with Gasteiger partial charge in [0.2, 0.25) is 0 Å². The van der Waals surface area contributed by atoms with Crippen molar-refractivity contribution in [1.29, 1.82) is 5.26 Å². The Kier molecular flexibility index (Phi) is 6.23. The molecule has 4 heteroatoms. The van der Waals surface area contributed by atoms with Gasteiger partial charge in [-0.25, -0.2) is 0 Å². The summed E-state index contributed by atoms with van der Waals surface area (Å²) in [5.74, 6) is 0.632. The van der Waals surface area contributed by atoms with E-state index in [0.29, 0.717) is 17.9 Å². The lowest BCUT2D eigenvalue weighted by Gasteiger charge is -2.31. The zero-order valence-corrected chi connectivity index (χ0v) is 13.9.